The number of hydrogen-bond donors (Lipinski definition) is 1. The highest BCUT2D eigenvalue weighted by Gasteiger charge is 2.54. The van der Waals surface area contributed by atoms with E-state index in [0.29, 0.717) is 17.6 Å². The molecule has 3 heteroatoms. The Morgan fingerprint density at radius 3 is 2.76 bits per heavy atom. The van der Waals surface area contributed by atoms with E-state index in [0.717, 1.165) is 13.2 Å². The van der Waals surface area contributed by atoms with Gasteiger partial charge in [-0.1, -0.05) is 38.7 Å². The van der Waals surface area contributed by atoms with Crippen LogP contribution in [0.3, 0.4) is 0 Å². The molecular formula is C18H29NOS. The number of ether oxygens (including phenoxy) is 1. The van der Waals surface area contributed by atoms with E-state index < -0.39 is 0 Å². The van der Waals surface area contributed by atoms with Gasteiger partial charge in [-0.3, -0.25) is 0 Å². The second kappa shape index (κ2) is 7.26. The quantitative estimate of drug-likeness (QED) is 0.819. The lowest BCUT2D eigenvalue weighted by Crippen LogP contribution is -2.63. The van der Waals surface area contributed by atoms with E-state index in [1.54, 1.807) is 0 Å². The summed E-state index contributed by atoms with van der Waals surface area (Å²) in [5.74, 6) is 0. The van der Waals surface area contributed by atoms with Crippen LogP contribution in [0.4, 0.5) is 0 Å². The van der Waals surface area contributed by atoms with Crippen molar-refractivity contribution >= 4 is 11.3 Å². The molecule has 1 aromatic rings. The van der Waals surface area contributed by atoms with Crippen LogP contribution in [0.5, 0.6) is 0 Å². The van der Waals surface area contributed by atoms with E-state index in [2.05, 4.69) is 29.8 Å². The molecule has 21 heavy (non-hydrogen) atoms. The van der Waals surface area contributed by atoms with Crippen molar-refractivity contribution in [2.45, 2.75) is 77.0 Å². The number of thiophene rings is 1. The largest absolute Gasteiger partial charge is 0.372 e. The minimum absolute atomic E-state index is 0.433. The summed E-state index contributed by atoms with van der Waals surface area (Å²) in [7, 11) is 0. The van der Waals surface area contributed by atoms with Crippen molar-refractivity contribution in [2.24, 2.45) is 5.41 Å². The fourth-order valence-electron chi connectivity index (χ4n) is 4.22. The molecule has 2 atom stereocenters. The molecule has 0 aliphatic heterocycles. The van der Waals surface area contributed by atoms with Crippen LogP contribution >= 0.6 is 11.3 Å². The molecule has 0 bridgehead atoms. The molecule has 1 spiro atoms. The van der Waals surface area contributed by atoms with Crippen molar-refractivity contribution < 1.29 is 4.74 Å². The normalized spacial score (nSPS) is 28.2. The Morgan fingerprint density at radius 1 is 1.29 bits per heavy atom. The first-order chi connectivity index (χ1) is 10.3. The third-order valence-electron chi connectivity index (χ3n) is 5.47. The molecule has 0 saturated heterocycles. The average Bonchev–Trinajstić information content (AvgIpc) is 2.86. The zero-order chi connectivity index (χ0) is 14.5. The summed E-state index contributed by atoms with van der Waals surface area (Å²) >= 11 is 1.81. The Hall–Kier alpha value is -0.380. The van der Waals surface area contributed by atoms with Crippen molar-refractivity contribution in [1.82, 2.24) is 5.32 Å². The molecule has 1 heterocycles. The van der Waals surface area contributed by atoms with Crippen LogP contribution in [0.15, 0.2) is 17.5 Å². The summed E-state index contributed by atoms with van der Waals surface area (Å²) in [6.45, 7) is 4.23. The Morgan fingerprint density at radius 2 is 2.10 bits per heavy atom. The highest BCUT2D eigenvalue weighted by atomic mass is 32.1. The van der Waals surface area contributed by atoms with Crippen LogP contribution in [-0.4, -0.2) is 18.7 Å². The zero-order valence-electron chi connectivity index (χ0n) is 13.3. The van der Waals surface area contributed by atoms with Crippen LogP contribution in [-0.2, 0) is 11.3 Å². The summed E-state index contributed by atoms with van der Waals surface area (Å²) in [5, 5.41) is 5.95. The summed E-state index contributed by atoms with van der Waals surface area (Å²) in [4.78, 5) is 1.36. The predicted molar refractivity (Wildman–Crippen MR) is 89.7 cm³/mol. The molecule has 2 nitrogen and oxygen atoms in total. The van der Waals surface area contributed by atoms with Crippen LogP contribution in [0.25, 0.3) is 0 Å². The lowest BCUT2D eigenvalue weighted by molar-refractivity contribution is -0.149. The van der Waals surface area contributed by atoms with Gasteiger partial charge in [0.2, 0.25) is 0 Å². The molecule has 2 fully saturated rings. The minimum atomic E-state index is 0.433. The van der Waals surface area contributed by atoms with E-state index in [1.807, 2.05) is 11.3 Å². The lowest BCUT2D eigenvalue weighted by Gasteiger charge is -2.56. The first-order valence-electron chi connectivity index (χ1n) is 8.72. The van der Waals surface area contributed by atoms with Crippen molar-refractivity contribution in [2.75, 3.05) is 6.54 Å². The molecule has 1 aromatic heterocycles. The van der Waals surface area contributed by atoms with Gasteiger partial charge in [-0.25, -0.2) is 0 Å². The Kier molecular flexibility index (Phi) is 5.36. The molecule has 2 aliphatic carbocycles. The van der Waals surface area contributed by atoms with Crippen molar-refractivity contribution in [3.05, 3.63) is 22.4 Å². The molecule has 2 unspecified atom stereocenters. The van der Waals surface area contributed by atoms with Gasteiger partial charge in [0.25, 0.3) is 0 Å². The van der Waals surface area contributed by atoms with Crippen LogP contribution < -0.4 is 5.32 Å². The maximum atomic E-state index is 6.35. The van der Waals surface area contributed by atoms with Gasteiger partial charge >= 0.3 is 0 Å². The van der Waals surface area contributed by atoms with Gasteiger partial charge < -0.3 is 10.1 Å². The predicted octanol–water partition coefficient (Wildman–Crippen LogP) is 4.75. The van der Waals surface area contributed by atoms with E-state index in [9.17, 15) is 0 Å². The molecule has 2 aliphatic rings. The van der Waals surface area contributed by atoms with E-state index in [4.69, 9.17) is 4.74 Å². The van der Waals surface area contributed by atoms with Crippen molar-refractivity contribution in [3.8, 4) is 0 Å². The SMILES string of the molecule is CCCNC1CC(OCc2cccs2)C12CCCCCC2. The smallest absolute Gasteiger partial charge is 0.0813 e. The van der Waals surface area contributed by atoms with Crippen LogP contribution in [0, 0.1) is 5.41 Å². The first kappa shape index (κ1) is 15.5. The van der Waals surface area contributed by atoms with E-state index in [-0.39, 0.29) is 0 Å². The maximum absolute atomic E-state index is 6.35. The van der Waals surface area contributed by atoms with Crippen LogP contribution in [0.2, 0.25) is 0 Å². The lowest BCUT2D eigenvalue weighted by atomic mass is 9.57. The molecule has 0 amide bonds. The third-order valence-corrected chi connectivity index (χ3v) is 6.32. The van der Waals surface area contributed by atoms with Gasteiger partial charge in [0.05, 0.1) is 12.7 Å². The van der Waals surface area contributed by atoms with Crippen molar-refractivity contribution in [3.63, 3.8) is 0 Å². The first-order valence-corrected chi connectivity index (χ1v) is 9.60. The monoisotopic (exact) mass is 307 g/mol. The summed E-state index contributed by atoms with van der Waals surface area (Å²) in [6.07, 6.45) is 11.3. The Labute approximate surface area is 133 Å². The minimum Gasteiger partial charge on any atom is -0.372 e. The zero-order valence-corrected chi connectivity index (χ0v) is 14.1. The molecule has 3 rings (SSSR count). The highest BCUT2D eigenvalue weighted by molar-refractivity contribution is 7.09. The molecule has 2 saturated carbocycles. The molecular weight excluding hydrogens is 278 g/mol. The second-order valence-electron chi connectivity index (χ2n) is 6.77. The second-order valence-corrected chi connectivity index (χ2v) is 7.80. The van der Waals surface area contributed by atoms with Gasteiger partial charge in [0.1, 0.15) is 0 Å². The fraction of sp³-hybridized carbons (Fsp3) is 0.778. The summed E-state index contributed by atoms with van der Waals surface area (Å²) in [6, 6.07) is 5.01. The van der Waals surface area contributed by atoms with E-state index >= 15 is 0 Å². The van der Waals surface area contributed by atoms with Crippen LogP contribution in [0.1, 0.15) is 63.2 Å². The topological polar surface area (TPSA) is 21.3 Å². The van der Waals surface area contributed by atoms with E-state index in [1.165, 1.54) is 56.2 Å². The summed E-state index contributed by atoms with van der Waals surface area (Å²) in [5.41, 5.74) is 0.433. The highest BCUT2D eigenvalue weighted by Crippen LogP contribution is 2.52. The summed E-state index contributed by atoms with van der Waals surface area (Å²) < 4.78 is 6.35. The average molecular weight is 308 g/mol. The number of rotatable bonds is 6. The van der Waals surface area contributed by atoms with Gasteiger partial charge in [-0.05, 0) is 43.7 Å². The molecule has 0 aromatic carbocycles. The molecule has 0 radical (unpaired) electrons. The fourth-order valence-corrected chi connectivity index (χ4v) is 4.85. The number of hydrogen-bond acceptors (Lipinski definition) is 3. The van der Waals surface area contributed by atoms with Gasteiger partial charge in [0.15, 0.2) is 0 Å². The Bertz CT molecular complexity index is 409. The number of nitrogens with one attached hydrogen (secondary N) is 1. The third kappa shape index (κ3) is 3.35. The molecule has 1 N–H and O–H groups in total. The van der Waals surface area contributed by atoms with Gasteiger partial charge in [0, 0.05) is 16.3 Å². The van der Waals surface area contributed by atoms with Gasteiger partial charge in [-0.2, -0.15) is 0 Å². The Balaban J connectivity index is 1.62. The van der Waals surface area contributed by atoms with Crippen molar-refractivity contribution in [1.29, 1.82) is 0 Å². The van der Waals surface area contributed by atoms with Gasteiger partial charge in [-0.15, -0.1) is 11.3 Å². The standard InChI is InChI=1S/C18H29NOS/c1-2-11-19-16-13-17(20-14-15-8-7-12-21-15)18(16)9-5-3-4-6-10-18/h7-8,12,16-17,19H,2-6,9-11,13-14H2,1H3. The maximum Gasteiger partial charge on any atom is 0.0813 e. The molecule has 118 valence electrons.